The van der Waals surface area contributed by atoms with Crippen molar-refractivity contribution in [3.8, 4) is 0 Å². The lowest BCUT2D eigenvalue weighted by molar-refractivity contribution is 0.0696. The van der Waals surface area contributed by atoms with Crippen molar-refractivity contribution in [3.63, 3.8) is 0 Å². The summed E-state index contributed by atoms with van der Waals surface area (Å²) < 4.78 is 0. The highest BCUT2D eigenvalue weighted by molar-refractivity contribution is 6.38. The van der Waals surface area contributed by atoms with Crippen molar-refractivity contribution in [1.29, 1.82) is 0 Å². The minimum atomic E-state index is -1.19. The van der Waals surface area contributed by atoms with E-state index in [0.717, 1.165) is 5.56 Å². The third-order valence-corrected chi connectivity index (χ3v) is 3.55. The number of carbonyl (C=O) groups excluding carboxylic acids is 1. The van der Waals surface area contributed by atoms with Crippen molar-refractivity contribution >= 4 is 40.8 Å². The Morgan fingerprint density at radius 1 is 1.05 bits per heavy atom. The van der Waals surface area contributed by atoms with Gasteiger partial charge in [0, 0.05) is 5.56 Å². The number of nitrogens with one attached hydrogen (secondary N) is 1. The molecule has 108 valence electrons. The lowest BCUT2D eigenvalue weighted by Gasteiger charge is -2.10. The van der Waals surface area contributed by atoms with Gasteiger partial charge in [0.25, 0.3) is 5.91 Å². The molecule has 2 aromatic carbocycles. The fourth-order valence-corrected chi connectivity index (χ4v) is 2.34. The first-order valence-electron chi connectivity index (χ1n) is 5.99. The Morgan fingerprint density at radius 3 is 2.33 bits per heavy atom. The summed E-state index contributed by atoms with van der Waals surface area (Å²) in [6, 6.07) is 9.58. The molecule has 2 N–H and O–H groups in total. The lowest BCUT2D eigenvalue weighted by atomic mass is 10.1. The van der Waals surface area contributed by atoms with Crippen LogP contribution >= 0.6 is 23.2 Å². The number of rotatable bonds is 3. The van der Waals surface area contributed by atoms with E-state index in [1.54, 1.807) is 25.1 Å². The summed E-state index contributed by atoms with van der Waals surface area (Å²) in [7, 11) is 0. The van der Waals surface area contributed by atoms with E-state index in [0.29, 0.717) is 5.56 Å². The summed E-state index contributed by atoms with van der Waals surface area (Å²) in [5, 5.41) is 11.8. The number of hydrogen-bond donors (Lipinski definition) is 2. The Morgan fingerprint density at radius 2 is 1.71 bits per heavy atom. The van der Waals surface area contributed by atoms with Gasteiger partial charge in [0.2, 0.25) is 0 Å². The zero-order valence-corrected chi connectivity index (χ0v) is 12.5. The molecule has 6 heteroatoms. The molecule has 0 aliphatic rings. The monoisotopic (exact) mass is 323 g/mol. The zero-order chi connectivity index (χ0) is 15.6. The molecule has 0 spiro atoms. The van der Waals surface area contributed by atoms with Crippen molar-refractivity contribution in [2.24, 2.45) is 0 Å². The second-order valence-electron chi connectivity index (χ2n) is 4.39. The standard InChI is InChI=1S/C15H11Cl2NO3/c1-8-4-2-3-5-9(8)14(19)18-13-6-10(15(20)21)11(16)7-12(13)17/h2-7H,1H3,(H,18,19)(H,20,21). The maximum atomic E-state index is 12.2. The molecule has 0 unspecified atom stereocenters. The number of hydrogen-bond acceptors (Lipinski definition) is 2. The van der Waals surface area contributed by atoms with Crippen molar-refractivity contribution in [2.75, 3.05) is 5.32 Å². The summed E-state index contributed by atoms with van der Waals surface area (Å²) in [4.78, 5) is 23.3. The number of aromatic carboxylic acids is 1. The Kier molecular flexibility index (Phi) is 4.50. The van der Waals surface area contributed by atoms with Gasteiger partial charge >= 0.3 is 5.97 Å². The molecule has 0 aliphatic heterocycles. The SMILES string of the molecule is Cc1ccccc1C(=O)Nc1cc(C(=O)O)c(Cl)cc1Cl. The molecule has 0 atom stereocenters. The van der Waals surface area contributed by atoms with Crippen LogP contribution in [0.2, 0.25) is 10.0 Å². The molecule has 0 saturated heterocycles. The molecule has 2 rings (SSSR count). The molecular formula is C15H11Cl2NO3. The largest absolute Gasteiger partial charge is 0.478 e. The van der Waals surface area contributed by atoms with E-state index < -0.39 is 5.97 Å². The Bertz CT molecular complexity index is 729. The van der Waals surface area contributed by atoms with Gasteiger partial charge in [-0.15, -0.1) is 0 Å². The quantitative estimate of drug-likeness (QED) is 0.887. The first kappa shape index (κ1) is 15.4. The van der Waals surface area contributed by atoms with Crippen LogP contribution in [0.3, 0.4) is 0 Å². The molecule has 0 bridgehead atoms. The van der Waals surface area contributed by atoms with Gasteiger partial charge in [0.05, 0.1) is 21.3 Å². The summed E-state index contributed by atoms with van der Waals surface area (Å²) in [5.41, 5.74) is 1.37. The van der Waals surface area contributed by atoms with Gasteiger partial charge in [-0.25, -0.2) is 4.79 Å². The highest BCUT2D eigenvalue weighted by Gasteiger charge is 2.16. The average Bonchev–Trinajstić information content (AvgIpc) is 2.41. The first-order chi connectivity index (χ1) is 9.90. The zero-order valence-electron chi connectivity index (χ0n) is 11.0. The van der Waals surface area contributed by atoms with Crippen LogP contribution in [0.4, 0.5) is 5.69 Å². The van der Waals surface area contributed by atoms with Crippen LogP contribution in [0.5, 0.6) is 0 Å². The molecule has 4 nitrogen and oxygen atoms in total. The van der Waals surface area contributed by atoms with Crippen LogP contribution in [0.25, 0.3) is 0 Å². The molecular weight excluding hydrogens is 313 g/mol. The Balaban J connectivity index is 2.36. The second-order valence-corrected chi connectivity index (χ2v) is 5.20. The van der Waals surface area contributed by atoms with Crippen LogP contribution in [-0.4, -0.2) is 17.0 Å². The predicted molar refractivity (Wildman–Crippen MR) is 82.6 cm³/mol. The van der Waals surface area contributed by atoms with Gasteiger partial charge in [-0.2, -0.15) is 0 Å². The number of benzene rings is 2. The van der Waals surface area contributed by atoms with Gasteiger partial charge in [-0.1, -0.05) is 41.4 Å². The first-order valence-corrected chi connectivity index (χ1v) is 6.75. The minimum Gasteiger partial charge on any atom is -0.478 e. The summed E-state index contributed by atoms with van der Waals surface area (Å²) in [5.74, 6) is -1.56. The fraction of sp³-hybridized carbons (Fsp3) is 0.0667. The molecule has 0 radical (unpaired) electrons. The van der Waals surface area contributed by atoms with E-state index in [9.17, 15) is 9.59 Å². The van der Waals surface area contributed by atoms with E-state index >= 15 is 0 Å². The third kappa shape index (κ3) is 3.35. The number of halogens is 2. The van der Waals surface area contributed by atoms with Gasteiger partial charge in [-0.3, -0.25) is 4.79 Å². The van der Waals surface area contributed by atoms with Crippen LogP contribution in [0.1, 0.15) is 26.3 Å². The van der Waals surface area contributed by atoms with E-state index in [1.165, 1.54) is 12.1 Å². The van der Waals surface area contributed by atoms with Crippen molar-refractivity contribution in [1.82, 2.24) is 0 Å². The number of anilines is 1. The highest BCUT2D eigenvalue weighted by atomic mass is 35.5. The molecule has 0 fully saturated rings. The maximum absolute atomic E-state index is 12.2. The fourth-order valence-electron chi connectivity index (χ4n) is 1.83. The topological polar surface area (TPSA) is 66.4 Å². The van der Waals surface area contributed by atoms with Crippen LogP contribution in [0.15, 0.2) is 36.4 Å². The summed E-state index contributed by atoms with van der Waals surface area (Å²) >= 11 is 11.8. The molecule has 0 saturated carbocycles. The number of carboxylic acid groups (broad SMARTS) is 1. The van der Waals surface area contributed by atoms with E-state index in [1.807, 2.05) is 6.07 Å². The third-order valence-electron chi connectivity index (χ3n) is 2.93. The normalized spacial score (nSPS) is 10.2. The van der Waals surface area contributed by atoms with Gasteiger partial charge in [0.1, 0.15) is 0 Å². The predicted octanol–water partition coefficient (Wildman–Crippen LogP) is 4.25. The minimum absolute atomic E-state index is 0.0152. The van der Waals surface area contributed by atoms with Crippen molar-refractivity contribution < 1.29 is 14.7 Å². The number of aryl methyl sites for hydroxylation is 1. The van der Waals surface area contributed by atoms with Gasteiger partial charge in [0.15, 0.2) is 0 Å². The average molecular weight is 324 g/mol. The molecule has 0 aliphatic carbocycles. The molecule has 21 heavy (non-hydrogen) atoms. The number of carbonyl (C=O) groups is 2. The molecule has 1 amide bonds. The number of amides is 1. The van der Waals surface area contributed by atoms with E-state index in [2.05, 4.69) is 5.32 Å². The molecule has 0 heterocycles. The van der Waals surface area contributed by atoms with E-state index in [-0.39, 0.29) is 27.2 Å². The smallest absolute Gasteiger partial charge is 0.337 e. The van der Waals surface area contributed by atoms with Crippen LogP contribution < -0.4 is 5.32 Å². The van der Waals surface area contributed by atoms with Crippen molar-refractivity contribution in [3.05, 3.63) is 63.1 Å². The maximum Gasteiger partial charge on any atom is 0.337 e. The van der Waals surface area contributed by atoms with E-state index in [4.69, 9.17) is 28.3 Å². The summed E-state index contributed by atoms with van der Waals surface area (Å²) in [6.07, 6.45) is 0. The second kappa shape index (κ2) is 6.16. The molecule has 2 aromatic rings. The lowest BCUT2D eigenvalue weighted by Crippen LogP contribution is -2.14. The number of carboxylic acids is 1. The highest BCUT2D eigenvalue weighted by Crippen LogP contribution is 2.29. The van der Waals surface area contributed by atoms with Gasteiger partial charge < -0.3 is 10.4 Å². The van der Waals surface area contributed by atoms with Crippen LogP contribution in [0, 0.1) is 6.92 Å². The molecule has 0 aromatic heterocycles. The summed E-state index contributed by atoms with van der Waals surface area (Å²) in [6.45, 7) is 1.81. The Hall–Kier alpha value is -2.04. The Labute approximate surface area is 131 Å². The van der Waals surface area contributed by atoms with Crippen LogP contribution in [-0.2, 0) is 0 Å². The van der Waals surface area contributed by atoms with Gasteiger partial charge in [-0.05, 0) is 30.7 Å². The van der Waals surface area contributed by atoms with Crippen molar-refractivity contribution in [2.45, 2.75) is 6.92 Å².